The van der Waals surface area contributed by atoms with Gasteiger partial charge in [-0.05, 0) is 67.5 Å². The van der Waals surface area contributed by atoms with E-state index in [1.54, 1.807) is 12.1 Å². The molecule has 0 saturated carbocycles. The van der Waals surface area contributed by atoms with Gasteiger partial charge in [0.15, 0.2) is 11.5 Å². The molecule has 1 heterocycles. The molecule has 2 aliphatic carbocycles. The van der Waals surface area contributed by atoms with Gasteiger partial charge in [0.1, 0.15) is 0 Å². The molecule has 1 aromatic carbocycles. The number of phenols is 2. The summed E-state index contributed by atoms with van der Waals surface area (Å²) in [5, 5.41) is 33.2. The van der Waals surface area contributed by atoms with E-state index in [2.05, 4.69) is 18.3 Å². The van der Waals surface area contributed by atoms with Crippen LogP contribution >= 0.6 is 0 Å². The van der Waals surface area contributed by atoms with Crippen molar-refractivity contribution in [2.45, 2.75) is 38.6 Å². The maximum absolute atomic E-state index is 10.1. The van der Waals surface area contributed by atoms with Crippen LogP contribution in [0.3, 0.4) is 0 Å². The number of fused-ring (bicyclic) bond motifs is 1. The molecule has 22 heavy (non-hydrogen) atoms. The lowest BCUT2D eigenvalue weighted by Crippen LogP contribution is -2.51. The first-order valence-electron chi connectivity index (χ1n) is 7.92. The van der Waals surface area contributed by atoms with Gasteiger partial charge in [-0.15, -0.1) is 0 Å². The highest BCUT2D eigenvalue weighted by Gasteiger charge is 2.48. The van der Waals surface area contributed by atoms with E-state index in [0.29, 0.717) is 17.7 Å². The number of piperidine rings is 1. The van der Waals surface area contributed by atoms with Crippen molar-refractivity contribution >= 4 is 6.08 Å². The van der Waals surface area contributed by atoms with Crippen LogP contribution in [0.1, 0.15) is 37.3 Å². The molecule has 1 aromatic rings. The van der Waals surface area contributed by atoms with Crippen molar-refractivity contribution in [2.24, 2.45) is 11.3 Å². The Bertz CT molecular complexity index is 707. The number of aliphatic hydroxyl groups excluding tert-OH is 1. The van der Waals surface area contributed by atoms with Crippen molar-refractivity contribution in [1.82, 2.24) is 5.32 Å². The Morgan fingerprint density at radius 1 is 1.18 bits per heavy atom. The zero-order valence-electron chi connectivity index (χ0n) is 12.6. The smallest absolute Gasteiger partial charge is 0.158 e. The largest absolute Gasteiger partial charge is 0.513 e. The van der Waals surface area contributed by atoms with Crippen LogP contribution in [0.25, 0.3) is 6.08 Å². The Hall–Kier alpha value is -2.10. The zero-order valence-corrected chi connectivity index (χ0v) is 12.6. The number of benzene rings is 1. The van der Waals surface area contributed by atoms with Crippen LogP contribution in [0, 0.1) is 11.3 Å². The highest BCUT2D eigenvalue weighted by molar-refractivity contribution is 5.66. The lowest BCUT2D eigenvalue weighted by molar-refractivity contribution is 0.146. The lowest BCUT2D eigenvalue weighted by atomic mass is 9.58. The van der Waals surface area contributed by atoms with Gasteiger partial charge in [-0.2, -0.15) is 0 Å². The monoisotopic (exact) mass is 299 g/mol. The number of aromatic hydroxyl groups is 2. The molecule has 3 aliphatic rings. The summed E-state index contributed by atoms with van der Waals surface area (Å²) in [6.45, 7) is 2.19. The van der Waals surface area contributed by atoms with E-state index in [9.17, 15) is 15.3 Å². The molecule has 3 unspecified atom stereocenters. The molecule has 116 valence electrons. The second-order valence-corrected chi connectivity index (χ2v) is 6.97. The van der Waals surface area contributed by atoms with Gasteiger partial charge in [0.05, 0.1) is 5.76 Å². The first kappa shape index (κ1) is 13.6. The highest BCUT2D eigenvalue weighted by Crippen LogP contribution is 2.54. The summed E-state index contributed by atoms with van der Waals surface area (Å²) in [7, 11) is 0. The normalized spacial score (nSPS) is 32.8. The summed E-state index contributed by atoms with van der Waals surface area (Å²) in [5.74, 6) is 0.790. The molecule has 0 aromatic heterocycles. The van der Waals surface area contributed by atoms with E-state index in [1.165, 1.54) is 0 Å². The Labute approximate surface area is 129 Å². The molecule has 4 heteroatoms. The number of rotatable bonds is 0. The predicted octanol–water partition coefficient (Wildman–Crippen LogP) is 3.21. The third kappa shape index (κ3) is 1.83. The number of nitrogens with one attached hydrogen (secondary N) is 1. The second kappa shape index (κ2) is 4.45. The fourth-order valence-corrected chi connectivity index (χ4v) is 4.44. The summed E-state index contributed by atoms with van der Waals surface area (Å²) in [6.07, 6.45) is 7.65. The van der Waals surface area contributed by atoms with Crippen molar-refractivity contribution in [3.8, 4) is 11.5 Å². The molecule has 4 N–H and O–H groups in total. The first-order chi connectivity index (χ1) is 10.5. The molecule has 0 radical (unpaired) electrons. The van der Waals surface area contributed by atoms with Gasteiger partial charge < -0.3 is 20.6 Å². The summed E-state index contributed by atoms with van der Waals surface area (Å²) in [6, 6.07) is 3.68. The predicted molar refractivity (Wildman–Crippen MR) is 84.5 cm³/mol. The van der Waals surface area contributed by atoms with Crippen LogP contribution in [0.15, 0.2) is 29.7 Å². The molecule has 0 bridgehead atoms. The van der Waals surface area contributed by atoms with Crippen LogP contribution in [0.2, 0.25) is 0 Å². The van der Waals surface area contributed by atoms with Crippen LogP contribution < -0.4 is 5.32 Å². The van der Waals surface area contributed by atoms with Gasteiger partial charge in [-0.25, -0.2) is 0 Å². The maximum Gasteiger partial charge on any atom is 0.158 e. The van der Waals surface area contributed by atoms with E-state index >= 15 is 0 Å². The Balaban J connectivity index is 1.90. The van der Waals surface area contributed by atoms with Crippen molar-refractivity contribution in [1.29, 1.82) is 0 Å². The quantitative estimate of drug-likeness (QED) is 0.555. The van der Waals surface area contributed by atoms with E-state index in [1.807, 2.05) is 6.08 Å². The second-order valence-electron chi connectivity index (χ2n) is 6.97. The molecule has 4 rings (SSSR count). The van der Waals surface area contributed by atoms with Crippen molar-refractivity contribution in [2.75, 3.05) is 0 Å². The fourth-order valence-electron chi connectivity index (χ4n) is 4.44. The molecule has 0 amide bonds. The maximum atomic E-state index is 10.1. The summed E-state index contributed by atoms with van der Waals surface area (Å²) >= 11 is 0. The lowest BCUT2D eigenvalue weighted by Gasteiger charge is -2.51. The van der Waals surface area contributed by atoms with E-state index in [-0.39, 0.29) is 16.9 Å². The topological polar surface area (TPSA) is 72.7 Å². The average molecular weight is 299 g/mol. The summed E-state index contributed by atoms with van der Waals surface area (Å²) in [4.78, 5) is 0. The highest BCUT2D eigenvalue weighted by atomic mass is 16.3. The molecule has 4 nitrogen and oxygen atoms in total. The zero-order chi connectivity index (χ0) is 15.5. The Morgan fingerprint density at radius 2 is 1.95 bits per heavy atom. The Morgan fingerprint density at radius 3 is 2.77 bits per heavy atom. The Kier molecular flexibility index (Phi) is 2.74. The number of phenolic OH excluding ortho intramolecular Hbond substituents is 2. The molecule has 1 aliphatic heterocycles. The van der Waals surface area contributed by atoms with E-state index in [4.69, 9.17) is 0 Å². The first-order valence-corrected chi connectivity index (χ1v) is 7.92. The van der Waals surface area contributed by atoms with E-state index in [0.717, 1.165) is 42.5 Å². The number of aliphatic hydroxyl groups is 1. The van der Waals surface area contributed by atoms with Crippen LogP contribution in [-0.4, -0.2) is 21.4 Å². The standard InChI is InChI=1S/C18H21NO3/c1-10-4-13-2-3-14(20)9-18(13)8-12-6-16(22)15(21)5-11(12)7-17(18)19-10/h5-7,9-10,13,19-22H,2-4,8H2,1H3. The van der Waals surface area contributed by atoms with Gasteiger partial charge in [-0.3, -0.25) is 0 Å². The van der Waals surface area contributed by atoms with Gasteiger partial charge in [0, 0.05) is 23.6 Å². The van der Waals surface area contributed by atoms with Crippen LogP contribution in [-0.2, 0) is 6.42 Å². The molecular formula is C18H21NO3. The van der Waals surface area contributed by atoms with Crippen molar-refractivity contribution in [3.63, 3.8) is 0 Å². The number of hydrogen-bond donors (Lipinski definition) is 4. The molecule has 1 fully saturated rings. The molecule has 1 spiro atoms. The van der Waals surface area contributed by atoms with Gasteiger partial charge >= 0.3 is 0 Å². The fraction of sp³-hybridized carbons (Fsp3) is 0.444. The molecule has 1 saturated heterocycles. The average Bonchev–Trinajstić information content (AvgIpc) is 2.45. The molecular weight excluding hydrogens is 278 g/mol. The van der Waals surface area contributed by atoms with Crippen molar-refractivity contribution in [3.05, 3.63) is 40.8 Å². The van der Waals surface area contributed by atoms with Gasteiger partial charge in [0.2, 0.25) is 0 Å². The third-order valence-corrected chi connectivity index (χ3v) is 5.46. The summed E-state index contributed by atoms with van der Waals surface area (Å²) in [5.41, 5.74) is 2.88. The third-order valence-electron chi connectivity index (χ3n) is 5.46. The molecule has 3 atom stereocenters. The minimum atomic E-state index is -0.203. The van der Waals surface area contributed by atoms with Crippen LogP contribution in [0.4, 0.5) is 0 Å². The van der Waals surface area contributed by atoms with E-state index < -0.39 is 0 Å². The minimum Gasteiger partial charge on any atom is -0.513 e. The SMILES string of the molecule is CC1CC2CCC(O)=CC23Cc2cc(O)c(O)cc2C=C3N1. The van der Waals surface area contributed by atoms with Gasteiger partial charge in [0.25, 0.3) is 0 Å². The number of allylic oxidation sites excluding steroid dienone is 2. The summed E-state index contributed by atoms with van der Waals surface area (Å²) < 4.78 is 0. The number of hydrogen-bond acceptors (Lipinski definition) is 4. The van der Waals surface area contributed by atoms with Gasteiger partial charge in [-0.1, -0.05) is 0 Å². The minimum absolute atomic E-state index is 0.0790. The van der Waals surface area contributed by atoms with Crippen LogP contribution in [0.5, 0.6) is 11.5 Å². The van der Waals surface area contributed by atoms with Crippen molar-refractivity contribution < 1.29 is 15.3 Å².